The number of fused-ring (bicyclic) bond motifs is 1. The maximum absolute atomic E-state index is 5.35. The van der Waals surface area contributed by atoms with Crippen molar-refractivity contribution in [1.29, 1.82) is 0 Å². The third-order valence-corrected chi connectivity index (χ3v) is 2.99. The predicted octanol–water partition coefficient (Wildman–Crippen LogP) is -1.48. The predicted molar refractivity (Wildman–Crippen MR) is 58.5 cm³/mol. The van der Waals surface area contributed by atoms with Gasteiger partial charge in [0.2, 0.25) is 0 Å². The number of aromatic nitrogens is 3. The fraction of sp³-hybridized carbons (Fsp3) is 0.500. The molecule has 2 aliphatic rings. The van der Waals surface area contributed by atoms with Crippen molar-refractivity contribution in [2.45, 2.75) is 18.9 Å². The van der Waals surface area contributed by atoms with Crippen molar-refractivity contribution in [1.82, 2.24) is 20.8 Å². The molecule has 84 valence electrons. The Bertz CT molecular complexity index is 496. The summed E-state index contributed by atoms with van der Waals surface area (Å²) in [5.74, 6) is 0.826. The van der Waals surface area contributed by atoms with Gasteiger partial charge >= 0.3 is 0 Å². The molecule has 3 rings (SSSR count). The Morgan fingerprint density at radius 3 is 3.00 bits per heavy atom. The lowest BCUT2D eigenvalue weighted by molar-refractivity contribution is 0.0832. The van der Waals surface area contributed by atoms with E-state index in [2.05, 4.69) is 27.4 Å². The van der Waals surface area contributed by atoms with E-state index in [9.17, 15) is 0 Å². The highest BCUT2D eigenvalue weighted by Crippen LogP contribution is 2.17. The number of anilines is 1. The van der Waals surface area contributed by atoms with Crippen LogP contribution in [0.15, 0.2) is 0 Å². The molecule has 6 nitrogen and oxygen atoms in total. The minimum absolute atomic E-state index is 0.405. The van der Waals surface area contributed by atoms with Crippen LogP contribution in [-0.4, -0.2) is 34.7 Å². The molecule has 0 saturated carbocycles. The summed E-state index contributed by atoms with van der Waals surface area (Å²) in [7, 11) is 0. The third kappa shape index (κ3) is 1.42. The SMILES string of the molecule is C=c1nnnc2c1=CNN2C1CCOCC1. The second-order valence-corrected chi connectivity index (χ2v) is 3.96. The van der Waals surface area contributed by atoms with Crippen molar-refractivity contribution in [3.05, 3.63) is 10.6 Å². The lowest BCUT2D eigenvalue weighted by atomic mass is 10.1. The van der Waals surface area contributed by atoms with Gasteiger partial charge in [-0.25, -0.2) is 0 Å². The van der Waals surface area contributed by atoms with Crippen LogP contribution in [0.1, 0.15) is 12.8 Å². The fourth-order valence-corrected chi connectivity index (χ4v) is 2.10. The summed E-state index contributed by atoms with van der Waals surface area (Å²) in [5, 5.41) is 15.2. The monoisotopic (exact) mass is 219 g/mol. The van der Waals surface area contributed by atoms with Gasteiger partial charge in [-0.1, -0.05) is 6.58 Å². The van der Waals surface area contributed by atoms with Crippen LogP contribution in [0.2, 0.25) is 0 Å². The van der Waals surface area contributed by atoms with Crippen molar-refractivity contribution in [2.24, 2.45) is 0 Å². The van der Waals surface area contributed by atoms with Crippen LogP contribution in [0.3, 0.4) is 0 Å². The number of hydrogen-bond acceptors (Lipinski definition) is 6. The molecular formula is C10H13N5O. The van der Waals surface area contributed by atoms with Gasteiger partial charge in [0, 0.05) is 19.4 Å². The molecule has 0 radical (unpaired) electrons. The van der Waals surface area contributed by atoms with E-state index in [4.69, 9.17) is 4.74 Å². The zero-order valence-corrected chi connectivity index (χ0v) is 8.89. The molecule has 0 bridgehead atoms. The molecule has 1 saturated heterocycles. The van der Waals surface area contributed by atoms with E-state index in [0.29, 0.717) is 11.4 Å². The molecule has 3 heterocycles. The highest BCUT2D eigenvalue weighted by Gasteiger charge is 2.26. The van der Waals surface area contributed by atoms with Gasteiger partial charge in [-0.05, 0) is 18.1 Å². The summed E-state index contributed by atoms with van der Waals surface area (Å²) in [6.45, 7) is 5.43. The zero-order valence-electron chi connectivity index (χ0n) is 8.89. The highest BCUT2D eigenvalue weighted by atomic mass is 16.5. The molecule has 0 unspecified atom stereocenters. The summed E-state index contributed by atoms with van der Waals surface area (Å²) in [5.41, 5.74) is 3.20. The maximum atomic E-state index is 5.35. The number of rotatable bonds is 1. The van der Waals surface area contributed by atoms with Crippen molar-refractivity contribution >= 4 is 18.6 Å². The van der Waals surface area contributed by atoms with E-state index in [1.54, 1.807) is 0 Å². The van der Waals surface area contributed by atoms with Crippen LogP contribution in [0, 0.1) is 0 Å². The van der Waals surface area contributed by atoms with Crippen molar-refractivity contribution < 1.29 is 4.74 Å². The molecule has 0 amide bonds. The second-order valence-electron chi connectivity index (χ2n) is 3.96. The van der Waals surface area contributed by atoms with Gasteiger partial charge in [-0.3, -0.25) is 5.01 Å². The minimum atomic E-state index is 0.405. The quantitative estimate of drug-likeness (QED) is 0.622. The first-order valence-corrected chi connectivity index (χ1v) is 5.38. The van der Waals surface area contributed by atoms with Crippen LogP contribution in [0.5, 0.6) is 0 Å². The Labute approximate surface area is 92.6 Å². The van der Waals surface area contributed by atoms with Crippen LogP contribution < -0.4 is 21.0 Å². The van der Waals surface area contributed by atoms with Gasteiger partial charge in [-0.15, -0.1) is 10.2 Å². The Kier molecular flexibility index (Phi) is 2.21. The lowest BCUT2D eigenvalue weighted by Crippen LogP contribution is -2.45. The molecule has 1 N–H and O–H groups in total. The number of nitrogens with one attached hydrogen (secondary N) is 1. The summed E-state index contributed by atoms with van der Waals surface area (Å²) in [6, 6.07) is 0.405. The standard InChI is InChI=1S/C10H13N5O/c1-7-9-6-11-15(10(9)13-14-12-7)8-2-4-16-5-3-8/h6,8,11H,1-5H2. The van der Waals surface area contributed by atoms with Crippen LogP contribution in [0.25, 0.3) is 12.8 Å². The highest BCUT2D eigenvalue weighted by molar-refractivity contribution is 5.51. The molecule has 1 aromatic rings. The van der Waals surface area contributed by atoms with E-state index < -0.39 is 0 Å². The second kappa shape index (κ2) is 3.71. The number of nitrogens with zero attached hydrogens (tertiary/aromatic N) is 4. The molecule has 16 heavy (non-hydrogen) atoms. The Morgan fingerprint density at radius 1 is 1.38 bits per heavy atom. The van der Waals surface area contributed by atoms with Gasteiger partial charge in [-0.2, -0.15) is 0 Å². The first kappa shape index (κ1) is 9.53. The normalized spacial score (nSPS) is 20.1. The first-order valence-electron chi connectivity index (χ1n) is 5.38. The first-order chi connectivity index (χ1) is 7.86. The zero-order chi connectivity index (χ0) is 11.0. The Morgan fingerprint density at radius 2 is 2.19 bits per heavy atom. The van der Waals surface area contributed by atoms with Gasteiger partial charge in [0.05, 0.1) is 16.6 Å². The smallest absolute Gasteiger partial charge is 0.182 e. The average molecular weight is 219 g/mol. The number of ether oxygens (including phenoxy) is 1. The largest absolute Gasteiger partial charge is 0.381 e. The fourth-order valence-electron chi connectivity index (χ4n) is 2.10. The minimum Gasteiger partial charge on any atom is -0.381 e. The van der Waals surface area contributed by atoms with Crippen molar-refractivity contribution in [3.63, 3.8) is 0 Å². The molecule has 0 aliphatic carbocycles. The van der Waals surface area contributed by atoms with Gasteiger partial charge < -0.3 is 10.2 Å². The van der Waals surface area contributed by atoms with Gasteiger partial charge in [0.25, 0.3) is 0 Å². The van der Waals surface area contributed by atoms with Crippen LogP contribution in [-0.2, 0) is 4.74 Å². The Balaban J connectivity index is 1.93. The Hall–Kier alpha value is -1.69. The number of hydrogen-bond donors (Lipinski definition) is 1. The molecule has 0 aromatic carbocycles. The van der Waals surface area contributed by atoms with Crippen molar-refractivity contribution in [2.75, 3.05) is 18.2 Å². The van der Waals surface area contributed by atoms with Crippen LogP contribution >= 0.6 is 0 Å². The summed E-state index contributed by atoms with van der Waals surface area (Å²) in [4.78, 5) is 0. The molecule has 1 fully saturated rings. The summed E-state index contributed by atoms with van der Waals surface area (Å²) >= 11 is 0. The van der Waals surface area contributed by atoms with Crippen LogP contribution in [0.4, 0.5) is 5.82 Å². The molecule has 6 heteroatoms. The van der Waals surface area contributed by atoms with E-state index >= 15 is 0 Å². The summed E-state index contributed by atoms with van der Waals surface area (Å²) in [6.07, 6.45) is 3.88. The van der Waals surface area contributed by atoms with E-state index in [1.165, 1.54) is 0 Å². The van der Waals surface area contributed by atoms with Gasteiger partial charge in [0.1, 0.15) is 0 Å². The number of hydrazine groups is 1. The van der Waals surface area contributed by atoms with E-state index in [0.717, 1.165) is 37.1 Å². The molecular weight excluding hydrogens is 206 g/mol. The maximum Gasteiger partial charge on any atom is 0.182 e. The van der Waals surface area contributed by atoms with E-state index in [1.807, 2.05) is 11.2 Å². The molecule has 0 atom stereocenters. The van der Waals surface area contributed by atoms with Gasteiger partial charge in [0.15, 0.2) is 5.82 Å². The average Bonchev–Trinajstić information content (AvgIpc) is 2.75. The topological polar surface area (TPSA) is 63.2 Å². The molecule has 2 aliphatic heterocycles. The molecule has 1 aromatic heterocycles. The van der Waals surface area contributed by atoms with E-state index in [-0.39, 0.29) is 0 Å². The summed E-state index contributed by atoms with van der Waals surface area (Å²) < 4.78 is 5.35. The molecule has 0 spiro atoms. The third-order valence-electron chi connectivity index (χ3n) is 2.99. The van der Waals surface area contributed by atoms with Crippen molar-refractivity contribution in [3.8, 4) is 0 Å². The lowest BCUT2D eigenvalue weighted by Gasteiger charge is -2.31.